The third-order valence-electron chi connectivity index (χ3n) is 4.83. The molecule has 3 aromatic rings. The predicted molar refractivity (Wildman–Crippen MR) is 138 cm³/mol. The SMILES string of the molecule is COc1cccc(N(CC(=O)N/N=C(/C)c2cccc(I)c2)S(=O)(=O)c2ccc(C)cc2)c1. The number of carbonyl (C=O) groups excluding carboxylic acids is 1. The van der Waals surface area contributed by atoms with Crippen molar-refractivity contribution in [2.24, 2.45) is 5.10 Å². The average molecular weight is 577 g/mol. The van der Waals surface area contributed by atoms with Gasteiger partial charge in [0.2, 0.25) is 0 Å². The lowest BCUT2D eigenvalue weighted by molar-refractivity contribution is -0.119. The molecule has 3 rings (SSSR count). The number of amides is 1. The van der Waals surface area contributed by atoms with Gasteiger partial charge in [-0.05, 0) is 78.4 Å². The lowest BCUT2D eigenvalue weighted by Gasteiger charge is -2.24. The van der Waals surface area contributed by atoms with Crippen molar-refractivity contribution in [3.05, 3.63) is 87.5 Å². The predicted octanol–water partition coefficient (Wildman–Crippen LogP) is 4.34. The van der Waals surface area contributed by atoms with Crippen LogP contribution in [0.1, 0.15) is 18.1 Å². The number of carbonyl (C=O) groups is 1. The Balaban J connectivity index is 1.90. The summed E-state index contributed by atoms with van der Waals surface area (Å²) >= 11 is 2.20. The Hall–Kier alpha value is -2.92. The quantitative estimate of drug-likeness (QED) is 0.245. The molecule has 0 saturated heterocycles. The van der Waals surface area contributed by atoms with E-state index in [-0.39, 0.29) is 4.90 Å². The highest BCUT2D eigenvalue weighted by Crippen LogP contribution is 2.27. The van der Waals surface area contributed by atoms with Crippen LogP contribution in [0.25, 0.3) is 0 Å². The molecule has 0 fully saturated rings. The van der Waals surface area contributed by atoms with Crippen LogP contribution in [-0.4, -0.2) is 33.7 Å². The first-order chi connectivity index (χ1) is 15.7. The minimum absolute atomic E-state index is 0.0854. The number of rotatable bonds is 8. The van der Waals surface area contributed by atoms with Crippen LogP contribution in [0.3, 0.4) is 0 Å². The first kappa shape index (κ1) is 24.7. The topological polar surface area (TPSA) is 88.1 Å². The third kappa shape index (κ3) is 6.32. The summed E-state index contributed by atoms with van der Waals surface area (Å²) in [5.74, 6) is -0.0944. The van der Waals surface area contributed by atoms with E-state index in [0.29, 0.717) is 17.1 Å². The fourth-order valence-corrected chi connectivity index (χ4v) is 4.96. The van der Waals surface area contributed by atoms with Crippen LogP contribution in [0, 0.1) is 10.5 Å². The van der Waals surface area contributed by atoms with Crippen molar-refractivity contribution < 1.29 is 17.9 Å². The van der Waals surface area contributed by atoms with Crippen LogP contribution in [0.2, 0.25) is 0 Å². The molecule has 0 saturated carbocycles. The molecule has 0 bridgehead atoms. The Morgan fingerprint density at radius 3 is 2.42 bits per heavy atom. The number of ether oxygens (including phenoxy) is 1. The number of sulfonamides is 1. The molecule has 33 heavy (non-hydrogen) atoms. The third-order valence-corrected chi connectivity index (χ3v) is 7.29. The molecule has 0 spiro atoms. The number of nitrogens with one attached hydrogen (secondary N) is 1. The summed E-state index contributed by atoms with van der Waals surface area (Å²) in [4.78, 5) is 12.8. The molecular weight excluding hydrogens is 553 g/mol. The number of aryl methyl sites for hydroxylation is 1. The smallest absolute Gasteiger partial charge is 0.264 e. The van der Waals surface area contributed by atoms with Gasteiger partial charge in [-0.15, -0.1) is 0 Å². The van der Waals surface area contributed by atoms with Gasteiger partial charge in [0.1, 0.15) is 12.3 Å². The minimum Gasteiger partial charge on any atom is -0.497 e. The number of hydrogen-bond donors (Lipinski definition) is 1. The molecule has 0 aliphatic carbocycles. The van der Waals surface area contributed by atoms with Crippen LogP contribution in [-0.2, 0) is 14.8 Å². The van der Waals surface area contributed by atoms with Gasteiger partial charge in [0.05, 0.1) is 23.4 Å². The second-order valence-electron chi connectivity index (χ2n) is 7.27. The monoisotopic (exact) mass is 577 g/mol. The van der Waals surface area contributed by atoms with Gasteiger partial charge in [-0.1, -0.05) is 35.9 Å². The van der Waals surface area contributed by atoms with E-state index in [1.165, 1.54) is 19.2 Å². The second-order valence-corrected chi connectivity index (χ2v) is 10.4. The lowest BCUT2D eigenvalue weighted by Crippen LogP contribution is -2.39. The molecule has 9 heteroatoms. The molecule has 1 amide bonds. The van der Waals surface area contributed by atoms with Crippen molar-refractivity contribution in [3.63, 3.8) is 0 Å². The van der Waals surface area contributed by atoms with Gasteiger partial charge >= 0.3 is 0 Å². The molecule has 0 heterocycles. The van der Waals surface area contributed by atoms with Crippen molar-refractivity contribution in [1.29, 1.82) is 0 Å². The molecule has 0 aliphatic rings. The maximum atomic E-state index is 13.4. The van der Waals surface area contributed by atoms with Gasteiger partial charge < -0.3 is 4.74 Å². The first-order valence-electron chi connectivity index (χ1n) is 10.0. The standard InChI is InChI=1S/C24H24IN3O4S/c1-17-10-12-23(13-11-17)33(30,31)28(21-8-5-9-22(15-21)32-3)16-24(29)27-26-18(2)19-6-4-7-20(25)14-19/h4-15H,16H2,1-3H3,(H,27,29)/b26-18-. The summed E-state index contributed by atoms with van der Waals surface area (Å²) in [7, 11) is -2.53. The Morgan fingerprint density at radius 2 is 1.76 bits per heavy atom. The zero-order valence-corrected chi connectivity index (χ0v) is 21.4. The van der Waals surface area contributed by atoms with Crippen LogP contribution >= 0.6 is 22.6 Å². The van der Waals surface area contributed by atoms with Gasteiger partial charge in [-0.25, -0.2) is 13.8 Å². The maximum absolute atomic E-state index is 13.4. The molecule has 172 valence electrons. The summed E-state index contributed by atoms with van der Waals surface area (Å²) in [5.41, 5.74) is 5.18. The number of hydrogen-bond acceptors (Lipinski definition) is 5. The molecular formula is C24H24IN3O4S. The Labute approximate surface area is 207 Å². The minimum atomic E-state index is -4.02. The van der Waals surface area contributed by atoms with E-state index in [0.717, 1.165) is 19.0 Å². The van der Waals surface area contributed by atoms with E-state index in [9.17, 15) is 13.2 Å². The van der Waals surface area contributed by atoms with E-state index in [2.05, 4.69) is 33.1 Å². The zero-order valence-electron chi connectivity index (χ0n) is 18.4. The maximum Gasteiger partial charge on any atom is 0.264 e. The van der Waals surface area contributed by atoms with E-state index < -0.39 is 22.5 Å². The molecule has 7 nitrogen and oxygen atoms in total. The van der Waals surface area contributed by atoms with Crippen LogP contribution in [0.4, 0.5) is 5.69 Å². The molecule has 1 N–H and O–H groups in total. The van der Waals surface area contributed by atoms with Gasteiger partial charge in [-0.3, -0.25) is 9.10 Å². The normalized spacial score (nSPS) is 11.7. The summed E-state index contributed by atoms with van der Waals surface area (Å²) in [6, 6.07) is 20.7. The molecule has 0 aliphatic heterocycles. The zero-order chi connectivity index (χ0) is 24.0. The van der Waals surface area contributed by atoms with Crippen LogP contribution < -0.4 is 14.5 Å². The molecule has 0 atom stereocenters. The van der Waals surface area contributed by atoms with Gasteiger partial charge in [0.25, 0.3) is 15.9 Å². The number of halogens is 1. The highest BCUT2D eigenvalue weighted by molar-refractivity contribution is 14.1. The van der Waals surface area contributed by atoms with Crippen molar-refractivity contribution in [3.8, 4) is 5.75 Å². The van der Waals surface area contributed by atoms with Gasteiger partial charge in [0, 0.05) is 9.64 Å². The Morgan fingerprint density at radius 1 is 1.06 bits per heavy atom. The first-order valence-corrected chi connectivity index (χ1v) is 12.5. The Kier molecular flexibility index (Phi) is 8.09. The second kappa shape index (κ2) is 10.8. The summed E-state index contributed by atoms with van der Waals surface area (Å²) < 4.78 is 34.2. The van der Waals surface area contributed by atoms with Gasteiger partial charge in [-0.2, -0.15) is 5.10 Å². The van der Waals surface area contributed by atoms with E-state index >= 15 is 0 Å². The Bertz CT molecular complexity index is 1270. The molecule has 0 unspecified atom stereocenters. The number of hydrazone groups is 1. The lowest BCUT2D eigenvalue weighted by atomic mass is 10.1. The average Bonchev–Trinajstić information content (AvgIpc) is 2.81. The molecule has 0 aromatic heterocycles. The van der Waals surface area contributed by atoms with Crippen molar-refractivity contribution in [2.75, 3.05) is 18.0 Å². The number of methoxy groups -OCH3 is 1. The summed E-state index contributed by atoms with van der Waals surface area (Å²) in [6.45, 7) is 3.19. The number of nitrogens with zero attached hydrogens (tertiary/aromatic N) is 2. The highest BCUT2D eigenvalue weighted by Gasteiger charge is 2.27. The van der Waals surface area contributed by atoms with Crippen molar-refractivity contribution in [1.82, 2.24) is 5.43 Å². The van der Waals surface area contributed by atoms with Crippen molar-refractivity contribution >= 4 is 49.9 Å². The fourth-order valence-electron chi connectivity index (χ4n) is 3.01. The highest BCUT2D eigenvalue weighted by atomic mass is 127. The molecule has 3 aromatic carbocycles. The van der Waals surface area contributed by atoms with E-state index in [1.807, 2.05) is 31.2 Å². The van der Waals surface area contributed by atoms with Gasteiger partial charge in [0.15, 0.2) is 0 Å². The van der Waals surface area contributed by atoms with Crippen LogP contribution in [0.15, 0.2) is 82.8 Å². The van der Waals surface area contributed by atoms with E-state index in [4.69, 9.17) is 4.74 Å². The van der Waals surface area contributed by atoms with Crippen LogP contribution in [0.5, 0.6) is 5.75 Å². The number of benzene rings is 3. The summed E-state index contributed by atoms with van der Waals surface area (Å²) in [6.07, 6.45) is 0. The number of anilines is 1. The fraction of sp³-hybridized carbons (Fsp3) is 0.167. The van der Waals surface area contributed by atoms with Crippen molar-refractivity contribution in [2.45, 2.75) is 18.7 Å². The summed E-state index contributed by atoms with van der Waals surface area (Å²) in [5, 5.41) is 4.15. The van der Waals surface area contributed by atoms with E-state index in [1.54, 1.807) is 43.3 Å². The largest absolute Gasteiger partial charge is 0.497 e. The molecule has 0 radical (unpaired) electrons.